The highest BCUT2D eigenvalue weighted by Gasteiger charge is 2.24. The molecule has 2 N–H and O–H groups in total. The van der Waals surface area contributed by atoms with Gasteiger partial charge in [-0.05, 0) is 25.5 Å². The number of hydrogen-bond acceptors (Lipinski definition) is 4. The van der Waals surface area contributed by atoms with Gasteiger partial charge in [-0.2, -0.15) is 0 Å². The van der Waals surface area contributed by atoms with E-state index in [-0.39, 0.29) is 11.9 Å². The lowest BCUT2D eigenvalue weighted by atomic mass is 10.0. The molecule has 2 aromatic rings. The number of carbonyl (C=O) groups excluding carboxylic acids is 1. The number of rotatable bonds is 3. The first-order valence-electron chi connectivity index (χ1n) is 8.77. The second-order valence-corrected chi connectivity index (χ2v) is 6.71. The Hall–Kier alpha value is -2.83. The van der Waals surface area contributed by atoms with Gasteiger partial charge in [0.25, 0.3) is 0 Å². The Kier molecular flexibility index (Phi) is 4.97. The molecule has 138 valence electrons. The summed E-state index contributed by atoms with van der Waals surface area (Å²) in [5.41, 5.74) is 2.85. The van der Waals surface area contributed by atoms with Crippen LogP contribution in [0.1, 0.15) is 31.0 Å². The van der Waals surface area contributed by atoms with Gasteiger partial charge in [-0.3, -0.25) is 4.79 Å². The number of nitrogens with one attached hydrogen (secondary N) is 1. The third kappa shape index (κ3) is 3.56. The highest BCUT2D eigenvalue weighted by molar-refractivity contribution is 5.85. The molecule has 0 aliphatic carbocycles. The van der Waals surface area contributed by atoms with E-state index in [1.165, 1.54) is 0 Å². The Morgan fingerprint density at radius 1 is 1.23 bits per heavy atom. The maximum absolute atomic E-state index is 11.6. The van der Waals surface area contributed by atoms with Gasteiger partial charge in [0.2, 0.25) is 5.91 Å². The Morgan fingerprint density at radius 3 is 2.54 bits per heavy atom. The summed E-state index contributed by atoms with van der Waals surface area (Å²) < 4.78 is 0. The van der Waals surface area contributed by atoms with E-state index >= 15 is 0 Å². The monoisotopic (exact) mass is 356 g/mol. The quantitative estimate of drug-likeness (QED) is 0.883. The average Bonchev–Trinajstić information content (AvgIpc) is 2.60. The van der Waals surface area contributed by atoms with Crippen LogP contribution in [0, 0.1) is 6.92 Å². The largest absolute Gasteiger partial charge is 0.465 e. The van der Waals surface area contributed by atoms with Gasteiger partial charge in [0, 0.05) is 44.1 Å². The number of pyridine rings is 1. The number of anilines is 1. The van der Waals surface area contributed by atoms with Crippen molar-refractivity contribution in [3.8, 4) is 0 Å². The summed E-state index contributed by atoms with van der Waals surface area (Å²) in [6.45, 7) is 8.06. The lowest BCUT2D eigenvalue weighted by molar-refractivity contribution is -0.129. The normalized spacial score (nSPS) is 15.8. The first-order chi connectivity index (χ1) is 12.4. The zero-order valence-corrected chi connectivity index (χ0v) is 15.3. The maximum atomic E-state index is 11.6. The number of fused-ring (bicyclic) bond motifs is 1. The fourth-order valence-electron chi connectivity index (χ4n) is 3.42. The van der Waals surface area contributed by atoms with Crippen LogP contribution >= 0.6 is 0 Å². The summed E-state index contributed by atoms with van der Waals surface area (Å²) in [7, 11) is 0. The Balaban J connectivity index is 2.02. The number of amides is 2. The molecule has 1 atom stereocenters. The fraction of sp³-hybridized carbons (Fsp3) is 0.421. The number of para-hydroxylation sites is 1. The van der Waals surface area contributed by atoms with Crippen molar-refractivity contribution in [1.82, 2.24) is 15.2 Å². The summed E-state index contributed by atoms with van der Waals surface area (Å²) in [6, 6.07) is 7.62. The standard InChI is InChI=1S/C19H24N4O3/c1-12-5-4-6-15-11-16(13(2)20-19(25)26)18(21-17(12)15)23-9-7-22(8-10-23)14(3)24/h4-6,11,13,20H,7-10H2,1-3H3,(H,25,26). The molecule has 1 aromatic heterocycles. The maximum Gasteiger partial charge on any atom is 0.405 e. The van der Waals surface area contributed by atoms with E-state index in [4.69, 9.17) is 10.1 Å². The van der Waals surface area contributed by atoms with Gasteiger partial charge in [-0.1, -0.05) is 18.2 Å². The van der Waals surface area contributed by atoms with E-state index < -0.39 is 6.09 Å². The average molecular weight is 356 g/mol. The third-order valence-corrected chi connectivity index (χ3v) is 4.89. The van der Waals surface area contributed by atoms with Crippen molar-refractivity contribution in [2.45, 2.75) is 26.8 Å². The summed E-state index contributed by atoms with van der Waals surface area (Å²) >= 11 is 0. The number of aromatic nitrogens is 1. The van der Waals surface area contributed by atoms with Crippen molar-refractivity contribution < 1.29 is 14.7 Å². The molecule has 3 rings (SSSR count). The fourth-order valence-corrected chi connectivity index (χ4v) is 3.42. The molecule has 1 aromatic carbocycles. The van der Waals surface area contributed by atoms with Crippen molar-refractivity contribution >= 4 is 28.7 Å². The molecule has 0 spiro atoms. The van der Waals surface area contributed by atoms with Gasteiger partial charge in [-0.15, -0.1) is 0 Å². The van der Waals surface area contributed by atoms with Gasteiger partial charge < -0.3 is 20.2 Å². The first-order valence-corrected chi connectivity index (χ1v) is 8.77. The van der Waals surface area contributed by atoms with E-state index in [0.29, 0.717) is 26.2 Å². The minimum atomic E-state index is -1.06. The summed E-state index contributed by atoms with van der Waals surface area (Å²) in [6.07, 6.45) is -1.06. The van der Waals surface area contributed by atoms with E-state index in [0.717, 1.165) is 27.8 Å². The van der Waals surface area contributed by atoms with Crippen LogP contribution in [0.15, 0.2) is 24.3 Å². The van der Waals surface area contributed by atoms with E-state index in [2.05, 4.69) is 10.2 Å². The van der Waals surface area contributed by atoms with Crippen LogP contribution in [0.5, 0.6) is 0 Å². The highest BCUT2D eigenvalue weighted by atomic mass is 16.4. The van der Waals surface area contributed by atoms with Gasteiger partial charge in [0.05, 0.1) is 11.6 Å². The van der Waals surface area contributed by atoms with Gasteiger partial charge in [0.1, 0.15) is 5.82 Å². The molecule has 7 heteroatoms. The van der Waals surface area contributed by atoms with Crippen LogP contribution in [-0.4, -0.2) is 53.2 Å². The third-order valence-electron chi connectivity index (χ3n) is 4.89. The molecule has 1 unspecified atom stereocenters. The molecule has 1 aliphatic rings. The zero-order chi connectivity index (χ0) is 18.8. The van der Waals surface area contributed by atoms with Crippen molar-refractivity contribution in [3.63, 3.8) is 0 Å². The molecular formula is C19H24N4O3. The molecule has 26 heavy (non-hydrogen) atoms. The Labute approximate surface area is 152 Å². The molecule has 7 nitrogen and oxygen atoms in total. The van der Waals surface area contributed by atoms with Gasteiger partial charge in [-0.25, -0.2) is 9.78 Å². The van der Waals surface area contributed by atoms with Crippen molar-refractivity contribution in [3.05, 3.63) is 35.4 Å². The first kappa shape index (κ1) is 18.0. The predicted octanol–water partition coefficient (Wildman–Crippen LogP) is 2.54. The van der Waals surface area contributed by atoms with Gasteiger partial charge >= 0.3 is 6.09 Å². The summed E-state index contributed by atoms with van der Waals surface area (Å²) in [4.78, 5) is 31.5. The lowest BCUT2D eigenvalue weighted by Crippen LogP contribution is -2.48. The van der Waals surface area contributed by atoms with Crippen molar-refractivity contribution in [2.24, 2.45) is 0 Å². The smallest absolute Gasteiger partial charge is 0.405 e. The van der Waals surface area contributed by atoms with Gasteiger partial charge in [0.15, 0.2) is 0 Å². The minimum absolute atomic E-state index is 0.0769. The van der Waals surface area contributed by atoms with E-state index in [1.54, 1.807) is 6.92 Å². The molecule has 1 saturated heterocycles. The molecule has 2 amide bonds. The Morgan fingerprint density at radius 2 is 1.92 bits per heavy atom. The second kappa shape index (κ2) is 7.19. The number of carboxylic acid groups (broad SMARTS) is 1. The number of aryl methyl sites for hydroxylation is 1. The number of hydrogen-bond donors (Lipinski definition) is 2. The second-order valence-electron chi connectivity index (χ2n) is 6.71. The van der Waals surface area contributed by atoms with Crippen LogP contribution in [0.2, 0.25) is 0 Å². The highest BCUT2D eigenvalue weighted by Crippen LogP contribution is 2.30. The summed E-state index contributed by atoms with van der Waals surface area (Å²) in [5.74, 6) is 0.865. The van der Waals surface area contributed by atoms with Crippen LogP contribution < -0.4 is 10.2 Å². The minimum Gasteiger partial charge on any atom is -0.465 e. The number of carbonyl (C=O) groups is 2. The van der Waals surface area contributed by atoms with Crippen LogP contribution in [0.3, 0.4) is 0 Å². The molecule has 1 aliphatic heterocycles. The molecule has 0 saturated carbocycles. The van der Waals surface area contributed by atoms with Crippen LogP contribution in [0.4, 0.5) is 10.6 Å². The topological polar surface area (TPSA) is 85.8 Å². The SMILES string of the molecule is CC(=O)N1CCN(c2nc3c(C)cccc3cc2C(C)NC(=O)O)CC1. The summed E-state index contributed by atoms with van der Waals surface area (Å²) in [5, 5.41) is 12.6. The van der Waals surface area contributed by atoms with Crippen molar-refractivity contribution in [1.29, 1.82) is 0 Å². The van der Waals surface area contributed by atoms with Crippen LogP contribution in [-0.2, 0) is 4.79 Å². The molecule has 1 fully saturated rings. The van der Waals surface area contributed by atoms with E-state index in [1.807, 2.05) is 43.0 Å². The van der Waals surface area contributed by atoms with Crippen molar-refractivity contribution in [2.75, 3.05) is 31.1 Å². The zero-order valence-electron chi connectivity index (χ0n) is 15.3. The number of piperazine rings is 1. The number of nitrogens with zero attached hydrogens (tertiary/aromatic N) is 3. The van der Waals surface area contributed by atoms with E-state index in [9.17, 15) is 9.59 Å². The van der Waals surface area contributed by atoms with Crippen LogP contribution in [0.25, 0.3) is 10.9 Å². The molecule has 0 bridgehead atoms. The number of benzene rings is 1. The lowest BCUT2D eigenvalue weighted by Gasteiger charge is -2.36. The molecular weight excluding hydrogens is 332 g/mol. The predicted molar refractivity (Wildman–Crippen MR) is 101 cm³/mol. The molecule has 0 radical (unpaired) electrons. The molecule has 2 heterocycles. The Bertz CT molecular complexity index is 844.